The third-order valence-electron chi connectivity index (χ3n) is 9.70. The minimum atomic E-state index is 0.0101. The fourth-order valence-corrected chi connectivity index (χ4v) is 8.06. The third-order valence-corrected chi connectivity index (χ3v) is 9.70. The first-order valence-corrected chi connectivity index (χ1v) is 12.0. The molecule has 168 valence electrons. The van der Waals surface area contributed by atoms with Gasteiger partial charge < -0.3 is 10.2 Å². The Labute approximate surface area is 190 Å². The molecule has 3 fully saturated rings. The van der Waals surface area contributed by atoms with E-state index < -0.39 is 0 Å². The molecule has 0 bridgehead atoms. The van der Waals surface area contributed by atoms with E-state index in [2.05, 4.69) is 31.3 Å². The highest BCUT2D eigenvalue weighted by Crippen LogP contribution is 2.65. The van der Waals surface area contributed by atoms with Crippen LogP contribution in [0.5, 0.6) is 0 Å². The molecule has 2 unspecified atom stereocenters. The highest BCUT2D eigenvalue weighted by Gasteiger charge is 2.61. The lowest BCUT2D eigenvalue weighted by Crippen LogP contribution is -2.59. The molecule has 2 amide bonds. The number of carbonyl (C=O) groups is 2. The van der Waals surface area contributed by atoms with Gasteiger partial charge in [0.05, 0.1) is 11.6 Å². The molecular weight excluding hydrogens is 398 g/mol. The predicted octanol–water partition coefficient (Wildman–Crippen LogP) is 4.75. The molecule has 5 heteroatoms. The largest absolute Gasteiger partial charge is 0.338 e. The number of likely N-dealkylation sites (N-methyl/N-ethyl adjacent to an activating group) is 1. The maximum absolute atomic E-state index is 13.4. The van der Waals surface area contributed by atoms with Crippen LogP contribution in [-0.2, 0) is 9.59 Å². The van der Waals surface area contributed by atoms with Gasteiger partial charge in [-0.15, -0.1) is 0 Å². The van der Waals surface area contributed by atoms with E-state index in [0.29, 0.717) is 35.0 Å². The van der Waals surface area contributed by atoms with Crippen LogP contribution in [0.15, 0.2) is 36.4 Å². The van der Waals surface area contributed by atoms with Gasteiger partial charge in [0.1, 0.15) is 0 Å². The van der Waals surface area contributed by atoms with Crippen LogP contribution in [0.2, 0.25) is 0 Å². The Morgan fingerprint density at radius 3 is 2.75 bits per heavy atom. The van der Waals surface area contributed by atoms with Crippen LogP contribution in [0, 0.1) is 45.8 Å². The Kier molecular flexibility index (Phi) is 4.96. The molecule has 3 saturated carbocycles. The molecular formula is C27H33N3O2. The van der Waals surface area contributed by atoms with E-state index in [1.54, 1.807) is 18.2 Å². The normalized spacial score (nSPS) is 40.1. The van der Waals surface area contributed by atoms with E-state index in [4.69, 9.17) is 5.26 Å². The van der Waals surface area contributed by atoms with Crippen LogP contribution in [0.25, 0.3) is 0 Å². The van der Waals surface area contributed by atoms with Crippen molar-refractivity contribution in [3.8, 4) is 6.07 Å². The highest BCUT2D eigenvalue weighted by atomic mass is 16.2. The van der Waals surface area contributed by atoms with Gasteiger partial charge >= 0.3 is 0 Å². The minimum absolute atomic E-state index is 0.0101. The number of nitriles is 1. The summed E-state index contributed by atoms with van der Waals surface area (Å²) in [6, 6.07) is 9.62. The number of benzene rings is 1. The van der Waals surface area contributed by atoms with Gasteiger partial charge in [-0.1, -0.05) is 26.0 Å². The van der Waals surface area contributed by atoms with Gasteiger partial charge in [-0.3, -0.25) is 9.59 Å². The summed E-state index contributed by atoms with van der Waals surface area (Å²) >= 11 is 0. The second-order valence-corrected chi connectivity index (χ2v) is 11.0. The molecule has 5 rings (SSSR count). The second-order valence-electron chi connectivity index (χ2n) is 11.0. The number of hydrogen-bond donors (Lipinski definition) is 1. The number of anilines is 1. The van der Waals surface area contributed by atoms with Crippen LogP contribution in [0.3, 0.4) is 0 Å². The quantitative estimate of drug-likeness (QED) is 0.734. The van der Waals surface area contributed by atoms with E-state index in [1.807, 2.05) is 24.1 Å². The van der Waals surface area contributed by atoms with E-state index in [9.17, 15) is 9.59 Å². The van der Waals surface area contributed by atoms with Gasteiger partial charge in [0.25, 0.3) is 0 Å². The Morgan fingerprint density at radius 2 is 1.97 bits per heavy atom. The van der Waals surface area contributed by atoms with E-state index in [0.717, 1.165) is 38.5 Å². The van der Waals surface area contributed by atoms with Gasteiger partial charge in [-0.25, -0.2) is 0 Å². The summed E-state index contributed by atoms with van der Waals surface area (Å²) < 4.78 is 0. The van der Waals surface area contributed by atoms with E-state index >= 15 is 0 Å². The number of nitrogens with zero attached hydrogens (tertiary/aromatic N) is 2. The topological polar surface area (TPSA) is 73.2 Å². The Balaban J connectivity index is 1.37. The van der Waals surface area contributed by atoms with Crippen LogP contribution >= 0.6 is 0 Å². The molecule has 7 atom stereocenters. The van der Waals surface area contributed by atoms with Crippen molar-refractivity contribution >= 4 is 17.5 Å². The van der Waals surface area contributed by atoms with Gasteiger partial charge in [0.15, 0.2) is 0 Å². The van der Waals surface area contributed by atoms with Crippen molar-refractivity contribution in [1.82, 2.24) is 4.90 Å². The van der Waals surface area contributed by atoms with Crippen LogP contribution < -0.4 is 5.32 Å². The number of rotatable bonds is 2. The average Bonchev–Trinajstić information content (AvgIpc) is 3.14. The lowest BCUT2D eigenvalue weighted by Gasteiger charge is -2.60. The fourth-order valence-electron chi connectivity index (χ4n) is 8.06. The van der Waals surface area contributed by atoms with Crippen molar-refractivity contribution < 1.29 is 9.59 Å². The lowest BCUT2D eigenvalue weighted by atomic mass is 9.47. The summed E-state index contributed by atoms with van der Waals surface area (Å²) in [7, 11) is 1.96. The molecule has 1 heterocycles. The number of carbonyl (C=O) groups excluding carboxylic acids is 2. The summed E-state index contributed by atoms with van der Waals surface area (Å²) in [5.41, 5.74) is 1.32. The van der Waals surface area contributed by atoms with E-state index in [1.165, 1.54) is 0 Å². The smallest absolute Gasteiger partial charge is 0.246 e. The first-order chi connectivity index (χ1) is 15.3. The molecule has 1 aromatic rings. The van der Waals surface area contributed by atoms with Crippen molar-refractivity contribution in [2.24, 2.45) is 34.5 Å². The predicted molar refractivity (Wildman–Crippen MR) is 123 cm³/mol. The van der Waals surface area contributed by atoms with Crippen molar-refractivity contribution in [2.45, 2.75) is 58.4 Å². The first-order valence-electron chi connectivity index (χ1n) is 12.0. The molecule has 1 aliphatic heterocycles. The summed E-state index contributed by atoms with van der Waals surface area (Å²) in [4.78, 5) is 27.6. The summed E-state index contributed by atoms with van der Waals surface area (Å²) in [5.74, 6) is 1.98. The Morgan fingerprint density at radius 1 is 1.16 bits per heavy atom. The highest BCUT2D eigenvalue weighted by molar-refractivity contribution is 5.93. The lowest BCUT2D eigenvalue weighted by molar-refractivity contribution is -0.141. The van der Waals surface area contributed by atoms with Gasteiger partial charge in [0, 0.05) is 30.1 Å². The number of nitrogens with one attached hydrogen (secondary N) is 1. The molecule has 32 heavy (non-hydrogen) atoms. The summed E-state index contributed by atoms with van der Waals surface area (Å²) in [5, 5.41) is 12.3. The van der Waals surface area contributed by atoms with Crippen molar-refractivity contribution in [3.05, 3.63) is 42.0 Å². The molecule has 0 radical (unpaired) electrons. The van der Waals surface area contributed by atoms with Gasteiger partial charge in [0.2, 0.25) is 11.8 Å². The molecule has 4 aliphatic rings. The SMILES string of the molecule is CN1C(=O)C=C[C@@]2(C)C1CC[C@@H]1[C@H]2CC[C@]2(C)C(C(=O)Nc3cccc(C#N)c3)CC[C@@H]12. The number of amides is 2. The monoisotopic (exact) mass is 431 g/mol. The van der Waals surface area contributed by atoms with Crippen LogP contribution in [0.4, 0.5) is 5.69 Å². The number of hydrogen-bond acceptors (Lipinski definition) is 3. The van der Waals surface area contributed by atoms with Gasteiger partial charge in [-0.05, 0) is 86.0 Å². The zero-order valence-corrected chi connectivity index (χ0v) is 19.3. The molecule has 1 N–H and O–H groups in total. The molecule has 0 spiro atoms. The van der Waals surface area contributed by atoms with Crippen molar-refractivity contribution in [3.63, 3.8) is 0 Å². The standard InChI is InChI=1S/C27H33N3O2/c1-26-13-11-21-19(7-10-23-27(21,2)14-12-24(31)30(23)3)20(26)8-9-22(26)25(32)29-18-6-4-5-17(15-18)16-28/h4-6,12,14-15,19-23H,7-11,13H2,1-3H3,(H,29,32)/t19-,20-,21+,22?,23?,26-,27+/m0/s1. The third kappa shape index (κ3) is 3.03. The molecule has 3 aliphatic carbocycles. The Bertz CT molecular complexity index is 1030. The van der Waals surface area contributed by atoms with Crippen LogP contribution in [-0.4, -0.2) is 29.8 Å². The molecule has 5 nitrogen and oxygen atoms in total. The van der Waals surface area contributed by atoms with Gasteiger partial charge in [-0.2, -0.15) is 5.26 Å². The summed E-state index contributed by atoms with van der Waals surface area (Å²) in [6.45, 7) is 4.70. The maximum atomic E-state index is 13.4. The van der Waals surface area contributed by atoms with Crippen molar-refractivity contribution in [1.29, 1.82) is 5.26 Å². The van der Waals surface area contributed by atoms with Crippen molar-refractivity contribution in [2.75, 3.05) is 12.4 Å². The zero-order chi connectivity index (χ0) is 22.7. The molecule has 0 saturated heterocycles. The Hall–Kier alpha value is -2.61. The molecule has 1 aromatic carbocycles. The summed E-state index contributed by atoms with van der Waals surface area (Å²) in [6.07, 6.45) is 10.4. The van der Waals surface area contributed by atoms with E-state index in [-0.39, 0.29) is 28.6 Å². The zero-order valence-electron chi connectivity index (χ0n) is 19.3. The average molecular weight is 432 g/mol. The van der Waals surface area contributed by atoms with Crippen LogP contribution in [0.1, 0.15) is 57.9 Å². The fraction of sp³-hybridized carbons (Fsp3) is 0.593. The first kappa shape index (κ1) is 21.2. The second kappa shape index (κ2) is 7.47. The number of fused-ring (bicyclic) bond motifs is 5. The maximum Gasteiger partial charge on any atom is 0.246 e. The minimum Gasteiger partial charge on any atom is -0.338 e. The molecule has 0 aromatic heterocycles.